The van der Waals surface area contributed by atoms with Crippen LogP contribution in [-0.2, 0) is 42.8 Å². The van der Waals surface area contributed by atoms with Gasteiger partial charge in [-0.3, -0.25) is 0 Å². The smallest absolute Gasteiger partial charge is 1.00 e. The summed E-state index contributed by atoms with van der Waals surface area (Å²) in [5.74, 6) is 0.955. The van der Waals surface area contributed by atoms with Gasteiger partial charge in [0.2, 0.25) is 0 Å². The number of hydrogen-bond acceptors (Lipinski definition) is 11. The van der Waals surface area contributed by atoms with Crippen LogP contribution in [0.2, 0.25) is 0 Å². The molecule has 15 heteroatoms. The molecule has 39 heavy (non-hydrogen) atoms. The fourth-order valence-electron chi connectivity index (χ4n) is 2.48. The van der Waals surface area contributed by atoms with Crippen LogP contribution >= 0.6 is 0 Å². The van der Waals surface area contributed by atoms with Gasteiger partial charge in [0.1, 0.15) is 12.4 Å². The third-order valence-electron chi connectivity index (χ3n) is 4.01. The zero-order chi connectivity index (χ0) is 29.9. The maximum absolute atomic E-state index is 10.0. The Morgan fingerprint density at radius 1 is 0.897 bits per heavy atom. The molecule has 0 aromatic heterocycles. The van der Waals surface area contributed by atoms with E-state index in [9.17, 15) is 16.8 Å². The minimum absolute atomic E-state index is 0. The largest absolute Gasteiger partial charge is 1.00 e. The predicted octanol–water partition coefficient (Wildman–Crippen LogP) is -0.702. The van der Waals surface area contributed by atoms with Gasteiger partial charge in [0.25, 0.3) is 20.2 Å². The summed E-state index contributed by atoms with van der Waals surface area (Å²) in [5.41, 5.74) is 2.47. The summed E-state index contributed by atoms with van der Waals surface area (Å²) in [6.07, 6.45) is 11.9. The summed E-state index contributed by atoms with van der Waals surface area (Å²) in [6, 6.07) is 0. The first-order chi connectivity index (χ1) is 17.9. The fraction of sp³-hybridized carbons (Fsp3) is 0.750. The van der Waals surface area contributed by atoms with Gasteiger partial charge in [-0.15, -0.1) is 3.63 Å². The molecule has 2 N–H and O–H groups in total. The Bertz CT molecular complexity index is 779. The summed E-state index contributed by atoms with van der Waals surface area (Å²) in [4.78, 5) is 0. The Labute approximate surface area is 264 Å². The van der Waals surface area contributed by atoms with Gasteiger partial charge in [-0.05, 0) is 42.9 Å². The topological polar surface area (TPSA) is 155 Å². The second-order valence-corrected chi connectivity index (χ2v) is 10.5. The van der Waals surface area contributed by atoms with Crippen LogP contribution in [0.25, 0.3) is 0 Å². The van der Waals surface area contributed by atoms with E-state index in [4.69, 9.17) is 30.5 Å². The zero-order valence-electron chi connectivity index (χ0n) is 26.7. The first-order valence-corrected chi connectivity index (χ1v) is 15.3. The Morgan fingerprint density at radius 3 is 1.44 bits per heavy atom. The predicted molar refractivity (Wildman–Crippen MR) is 152 cm³/mol. The quantitative estimate of drug-likeness (QED) is 0.299. The zero-order valence-corrected chi connectivity index (χ0v) is 28.3. The first kappa shape index (κ1) is 45.7. The minimum atomic E-state index is -3.87. The number of ether oxygens (including phenoxy) is 4. The monoisotopic (exact) mass is 612 g/mol. The third kappa shape index (κ3) is 37.7. The Kier molecular flexibility index (Phi) is 37.8. The van der Waals surface area contributed by atoms with E-state index in [1.54, 1.807) is 14.0 Å². The van der Waals surface area contributed by atoms with Crippen molar-refractivity contribution in [3.05, 3.63) is 35.1 Å². The summed E-state index contributed by atoms with van der Waals surface area (Å²) in [5, 5.41) is 15.5. The van der Waals surface area contributed by atoms with Crippen LogP contribution in [0.15, 0.2) is 35.1 Å². The maximum Gasteiger partial charge on any atom is 1.00 e. The van der Waals surface area contributed by atoms with Gasteiger partial charge < -0.3 is 30.6 Å². The van der Waals surface area contributed by atoms with E-state index in [0.29, 0.717) is 32.6 Å². The molecule has 11 nitrogen and oxygen atoms in total. The molecule has 0 aromatic carbocycles. The molecular formula is C24H49BNaO11S2. The molecule has 0 aliphatic carbocycles. The van der Waals surface area contributed by atoms with Gasteiger partial charge in [-0.2, -0.15) is 16.8 Å². The van der Waals surface area contributed by atoms with Gasteiger partial charge in [0.05, 0.1) is 59.3 Å². The van der Waals surface area contributed by atoms with E-state index >= 15 is 0 Å². The minimum Gasteiger partial charge on any atom is -1.00 e. The Morgan fingerprint density at radius 2 is 1.28 bits per heavy atom. The average Bonchev–Trinajstić information content (AvgIpc) is 2.91. The van der Waals surface area contributed by atoms with E-state index in [1.807, 2.05) is 6.08 Å². The van der Waals surface area contributed by atoms with Gasteiger partial charge in [0.15, 0.2) is 0 Å². The van der Waals surface area contributed by atoms with Crippen LogP contribution in [0.5, 0.6) is 0 Å². The molecule has 3 heterocycles. The molecule has 0 fully saturated rings. The SMILES string of the molecule is CCC1=CCCOC1.CO.COC1=CCCOC1.CS(=O)(=O)OS(C)(=O)=O.OCC1=CCCOC1.[2H]CC.[B].[H-].[Na+]. The number of aliphatic hydroxyl groups is 2. The second-order valence-electron chi connectivity index (χ2n) is 7.11. The van der Waals surface area contributed by atoms with Gasteiger partial charge in [-0.25, -0.2) is 0 Å². The fourth-order valence-corrected chi connectivity index (χ4v) is 4.27. The van der Waals surface area contributed by atoms with Gasteiger partial charge in [0, 0.05) is 16.9 Å². The van der Waals surface area contributed by atoms with Crippen LogP contribution in [0, 0.1) is 0 Å². The molecule has 227 valence electrons. The molecule has 3 radical (unpaired) electrons. The van der Waals surface area contributed by atoms with Crippen molar-refractivity contribution in [1.82, 2.24) is 0 Å². The molecule has 0 bridgehead atoms. The normalized spacial score (nSPS) is 16.2. The number of methoxy groups -OCH3 is 1. The van der Waals surface area contributed by atoms with Crippen LogP contribution in [0.4, 0.5) is 0 Å². The summed E-state index contributed by atoms with van der Waals surface area (Å²) < 4.78 is 70.2. The van der Waals surface area contributed by atoms with Gasteiger partial charge in [-0.1, -0.05) is 32.9 Å². The number of aliphatic hydroxyl groups excluding tert-OH is 2. The first-order valence-electron chi connectivity index (χ1n) is 12.4. The molecule has 0 saturated carbocycles. The van der Waals surface area contributed by atoms with Crippen LogP contribution in [0.3, 0.4) is 0 Å². The Hall–Kier alpha value is -0.255. The standard InChI is InChI=1S/C7H12O.2C6H10O2.C2H6O5S2.C2H6.CH4O.B.Na.H/c1-2-7-4-3-5-8-6-7;1-7-6-3-2-4-8-5-6;7-4-6-2-1-3-8-5-6;1-8(3,4)7-9(2,5)6;2*1-2;;;/h4H,2-3,5-6H2,1H3;3H,2,4-5H2,1H3;2,7H,1,3-5H2;1-2H3;1-2H3;2H,1H3;;;/q;;;;;;;+1;-1/i;;;;1D;;;;. The molecule has 0 aromatic rings. The molecule has 0 unspecified atom stereocenters. The van der Waals surface area contributed by atoms with Crippen molar-refractivity contribution in [2.75, 3.05) is 73.0 Å². The molecule has 0 saturated heterocycles. The summed E-state index contributed by atoms with van der Waals surface area (Å²) in [7, 11) is -5.07. The van der Waals surface area contributed by atoms with E-state index in [0.717, 1.165) is 70.6 Å². The maximum atomic E-state index is 10.0. The summed E-state index contributed by atoms with van der Waals surface area (Å²) >= 11 is 0. The summed E-state index contributed by atoms with van der Waals surface area (Å²) in [6.45, 7) is 9.32. The van der Waals surface area contributed by atoms with Crippen molar-refractivity contribution in [2.45, 2.75) is 46.4 Å². The van der Waals surface area contributed by atoms with E-state index < -0.39 is 20.2 Å². The molecule has 0 spiro atoms. The second kappa shape index (κ2) is 32.3. The van der Waals surface area contributed by atoms with Crippen molar-refractivity contribution in [3.63, 3.8) is 0 Å². The molecule has 0 atom stereocenters. The Balaban J connectivity index is -0.0000000924. The van der Waals surface area contributed by atoms with Crippen LogP contribution in [0.1, 0.15) is 49.2 Å². The van der Waals surface area contributed by atoms with E-state index in [1.165, 1.54) is 5.57 Å². The van der Waals surface area contributed by atoms with Gasteiger partial charge >= 0.3 is 29.6 Å². The van der Waals surface area contributed by atoms with E-state index in [-0.39, 0.29) is 46.0 Å². The average molecular weight is 613 g/mol. The van der Waals surface area contributed by atoms with Crippen molar-refractivity contribution in [1.29, 1.82) is 0 Å². The molecule has 0 amide bonds. The van der Waals surface area contributed by atoms with Crippen molar-refractivity contribution in [3.8, 4) is 0 Å². The van der Waals surface area contributed by atoms with Crippen molar-refractivity contribution in [2.24, 2.45) is 0 Å². The number of rotatable bonds is 5. The molecular weight excluding hydrogens is 562 g/mol. The molecule has 3 aliphatic heterocycles. The van der Waals surface area contributed by atoms with Crippen LogP contribution in [-0.4, -0.2) is 108 Å². The van der Waals surface area contributed by atoms with Crippen molar-refractivity contribution >= 4 is 28.6 Å². The molecule has 3 rings (SSSR count). The van der Waals surface area contributed by atoms with E-state index in [2.05, 4.69) is 22.7 Å². The molecule has 3 aliphatic rings. The van der Waals surface area contributed by atoms with Crippen LogP contribution < -0.4 is 29.6 Å². The van der Waals surface area contributed by atoms with Crippen molar-refractivity contribution < 1.29 is 82.0 Å². The number of hydrogen-bond donors (Lipinski definition) is 2. The third-order valence-corrected chi connectivity index (χ3v) is 5.99.